The van der Waals surface area contributed by atoms with Crippen LogP contribution in [0.4, 0.5) is 13.2 Å². The first-order valence-electron chi connectivity index (χ1n) is 10.2. The van der Waals surface area contributed by atoms with Crippen LogP contribution in [0, 0.1) is 23.7 Å². The largest absolute Gasteiger partial charge is 0.462 e. The Balaban J connectivity index is 1.38. The second kappa shape index (κ2) is 8.30. The van der Waals surface area contributed by atoms with Gasteiger partial charge in [-0.05, 0) is 63.2 Å². The molecular weight excluding hydrogens is 329 g/mol. The number of alkyl halides is 3. The van der Waals surface area contributed by atoms with Crippen molar-refractivity contribution in [2.75, 3.05) is 0 Å². The van der Waals surface area contributed by atoms with E-state index in [2.05, 4.69) is 0 Å². The van der Waals surface area contributed by atoms with Crippen LogP contribution in [0.25, 0.3) is 0 Å². The van der Waals surface area contributed by atoms with Crippen LogP contribution < -0.4 is 0 Å². The summed E-state index contributed by atoms with van der Waals surface area (Å²) in [5.41, 5.74) is 0. The SMILES string of the molecule is O=C(OC1CCC(C(F)(F)F)CC1)C1CCC(C2CCCCC2)CC1. The molecule has 0 radical (unpaired) electrons. The van der Waals surface area contributed by atoms with Gasteiger partial charge in [-0.3, -0.25) is 4.79 Å². The van der Waals surface area contributed by atoms with Crippen LogP contribution in [0.1, 0.15) is 83.5 Å². The van der Waals surface area contributed by atoms with Gasteiger partial charge in [0, 0.05) is 0 Å². The van der Waals surface area contributed by atoms with Crippen LogP contribution in [-0.4, -0.2) is 18.2 Å². The summed E-state index contributed by atoms with van der Waals surface area (Å²) < 4.78 is 43.7. The first-order chi connectivity index (χ1) is 11.9. The molecule has 3 saturated carbocycles. The minimum absolute atomic E-state index is 0.0276. The summed E-state index contributed by atoms with van der Waals surface area (Å²) in [4.78, 5) is 12.4. The summed E-state index contributed by atoms with van der Waals surface area (Å²) >= 11 is 0. The highest BCUT2D eigenvalue weighted by Gasteiger charge is 2.42. The van der Waals surface area contributed by atoms with Crippen molar-refractivity contribution in [1.29, 1.82) is 0 Å². The molecule has 0 aromatic heterocycles. The molecule has 0 spiro atoms. The van der Waals surface area contributed by atoms with Gasteiger partial charge in [-0.25, -0.2) is 0 Å². The van der Waals surface area contributed by atoms with Gasteiger partial charge in [0.25, 0.3) is 0 Å². The Bertz CT molecular complexity index is 427. The molecular formula is C20H31F3O2. The zero-order valence-corrected chi connectivity index (χ0v) is 15.0. The highest BCUT2D eigenvalue weighted by atomic mass is 19.4. The molecule has 3 fully saturated rings. The molecule has 3 aliphatic rings. The molecule has 0 bridgehead atoms. The van der Waals surface area contributed by atoms with E-state index in [1.54, 1.807) is 0 Å². The molecule has 3 aliphatic carbocycles. The molecule has 0 aliphatic heterocycles. The van der Waals surface area contributed by atoms with Gasteiger partial charge in [-0.15, -0.1) is 0 Å². The number of ether oxygens (including phenoxy) is 1. The third-order valence-electron chi connectivity index (χ3n) is 6.84. The Hall–Kier alpha value is -0.740. The number of rotatable bonds is 3. The van der Waals surface area contributed by atoms with E-state index in [1.165, 1.54) is 32.1 Å². The molecule has 0 aromatic carbocycles. The van der Waals surface area contributed by atoms with Crippen molar-refractivity contribution in [2.24, 2.45) is 23.7 Å². The summed E-state index contributed by atoms with van der Waals surface area (Å²) in [6.07, 6.45) is 7.30. The van der Waals surface area contributed by atoms with Crippen molar-refractivity contribution >= 4 is 5.97 Å². The average molecular weight is 360 g/mol. The molecule has 3 rings (SSSR count). The summed E-state index contributed by atoms with van der Waals surface area (Å²) in [6, 6.07) is 0. The number of esters is 1. The monoisotopic (exact) mass is 360 g/mol. The van der Waals surface area contributed by atoms with Crippen molar-refractivity contribution in [3.05, 3.63) is 0 Å². The molecule has 0 saturated heterocycles. The van der Waals surface area contributed by atoms with E-state index >= 15 is 0 Å². The van der Waals surface area contributed by atoms with E-state index in [9.17, 15) is 18.0 Å². The summed E-state index contributed by atoms with van der Waals surface area (Å²) in [7, 11) is 0. The topological polar surface area (TPSA) is 26.3 Å². The van der Waals surface area contributed by atoms with Gasteiger partial charge < -0.3 is 4.74 Å². The van der Waals surface area contributed by atoms with Crippen LogP contribution >= 0.6 is 0 Å². The summed E-state index contributed by atoms with van der Waals surface area (Å²) in [5.74, 6) is 0.223. The lowest BCUT2D eigenvalue weighted by Crippen LogP contribution is -2.34. The highest BCUT2D eigenvalue weighted by molar-refractivity contribution is 5.72. The maximum atomic E-state index is 12.7. The maximum Gasteiger partial charge on any atom is 0.391 e. The lowest BCUT2D eigenvalue weighted by atomic mass is 9.71. The molecule has 25 heavy (non-hydrogen) atoms. The van der Waals surface area contributed by atoms with Crippen LogP contribution in [0.15, 0.2) is 0 Å². The standard InChI is InChI=1S/C20H31F3O2/c21-20(22,23)17-10-12-18(13-11-17)25-19(24)16-8-6-15(7-9-16)14-4-2-1-3-5-14/h14-18H,1-13H2. The third-order valence-corrected chi connectivity index (χ3v) is 6.84. The van der Waals surface area contributed by atoms with Gasteiger partial charge in [0.1, 0.15) is 6.10 Å². The predicted octanol–water partition coefficient (Wildman–Crippen LogP) is 6.04. The van der Waals surface area contributed by atoms with E-state index < -0.39 is 12.1 Å². The van der Waals surface area contributed by atoms with Gasteiger partial charge in [-0.1, -0.05) is 32.1 Å². The van der Waals surface area contributed by atoms with E-state index in [4.69, 9.17) is 4.74 Å². The number of hydrogen-bond acceptors (Lipinski definition) is 2. The van der Waals surface area contributed by atoms with Crippen molar-refractivity contribution in [1.82, 2.24) is 0 Å². The highest BCUT2D eigenvalue weighted by Crippen LogP contribution is 2.41. The maximum absolute atomic E-state index is 12.7. The van der Waals surface area contributed by atoms with E-state index in [0.717, 1.165) is 37.5 Å². The number of carbonyl (C=O) groups excluding carboxylic acids is 1. The van der Waals surface area contributed by atoms with Crippen LogP contribution in [0.3, 0.4) is 0 Å². The smallest absolute Gasteiger partial charge is 0.391 e. The molecule has 5 heteroatoms. The molecule has 0 N–H and O–H groups in total. The van der Waals surface area contributed by atoms with Crippen molar-refractivity contribution in [3.63, 3.8) is 0 Å². The normalized spacial score (nSPS) is 35.3. The van der Waals surface area contributed by atoms with Crippen molar-refractivity contribution in [2.45, 2.75) is 95.8 Å². The predicted molar refractivity (Wildman–Crippen MR) is 89.9 cm³/mol. The quantitative estimate of drug-likeness (QED) is 0.574. The molecule has 144 valence electrons. The minimum Gasteiger partial charge on any atom is -0.462 e. The van der Waals surface area contributed by atoms with E-state index in [0.29, 0.717) is 12.8 Å². The number of hydrogen-bond donors (Lipinski definition) is 0. The second-order valence-corrected chi connectivity index (χ2v) is 8.46. The second-order valence-electron chi connectivity index (χ2n) is 8.46. The first-order valence-corrected chi connectivity index (χ1v) is 10.2. The van der Waals surface area contributed by atoms with Gasteiger partial charge in [0.2, 0.25) is 0 Å². The zero-order chi connectivity index (χ0) is 17.9. The average Bonchev–Trinajstić information content (AvgIpc) is 2.62. The Morgan fingerprint density at radius 2 is 1.28 bits per heavy atom. The molecule has 0 aromatic rings. The molecule has 0 atom stereocenters. The fraction of sp³-hybridized carbons (Fsp3) is 0.950. The molecule has 0 amide bonds. The zero-order valence-electron chi connectivity index (χ0n) is 15.0. The van der Waals surface area contributed by atoms with Crippen molar-refractivity contribution < 1.29 is 22.7 Å². The van der Waals surface area contributed by atoms with Gasteiger partial charge in [0.05, 0.1) is 11.8 Å². The molecule has 2 nitrogen and oxygen atoms in total. The van der Waals surface area contributed by atoms with E-state index in [1.807, 2.05) is 0 Å². The Labute approximate surface area is 148 Å². The van der Waals surface area contributed by atoms with Gasteiger partial charge >= 0.3 is 12.1 Å². The number of halogens is 3. The fourth-order valence-corrected chi connectivity index (χ4v) is 5.20. The van der Waals surface area contributed by atoms with Crippen molar-refractivity contribution in [3.8, 4) is 0 Å². The van der Waals surface area contributed by atoms with Gasteiger partial charge in [-0.2, -0.15) is 13.2 Å². The van der Waals surface area contributed by atoms with Crippen LogP contribution in [0.5, 0.6) is 0 Å². The third kappa shape index (κ3) is 5.13. The first kappa shape index (κ1) is 19.0. The Kier molecular flexibility index (Phi) is 6.32. The van der Waals surface area contributed by atoms with E-state index in [-0.39, 0.29) is 30.8 Å². The lowest BCUT2D eigenvalue weighted by molar-refractivity contribution is -0.189. The number of carbonyl (C=O) groups is 1. The van der Waals surface area contributed by atoms with Gasteiger partial charge in [0.15, 0.2) is 0 Å². The Morgan fingerprint density at radius 3 is 1.84 bits per heavy atom. The Morgan fingerprint density at radius 1 is 0.720 bits per heavy atom. The fourth-order valence-electron chi connectivity index (χ4n) is 5.20. The molecule has 0 unspecified atom stereocenters. The summed E-state index contributed by atoms with van der Waals surface area (Å²) in [6.45, 7) is 0. The van der Waals surface area contributed by atoms with Crippen LogP contribution in [0.2, 0.25) is 0 Å². The summed E-state index contributed by atoms with van der Waals surface area (Å²) in [5, 5.41) is 0. The lowest BCUT2D eigenvalue weighted by Gasteiger charge is -2.36. The minimum atomic E-state index is -4.10. The van der Waals surface area contributed by atoms with Crippen LogP contribution in [-0.2, 0) is 9.53 Å². The molecule has 0 heterocycles.